The van der Waals surface area contributed by atoms with Crippen molar-refractivity contribution in [2.24, 2.45) is 10.9 Å². The van der Waals surface area contributed by atoms with Gasteiger partial charge in [-0.15, -0.1) is 0 Å². The second kappa shape index (κ2) is 13.6. The van der Waals surface area contributed by atoms with Gasteiger partial charge in [0.25, 0.3) is 5.91 Å². The molecule has 3 nitrogen and oxygen atoms in total. The first-order valence-corrected chi connectivity index (χ1v) is 9.97. The van der Waals surface area contributed by atoms with E-state index < -0.39 is 0 Å². The lowest BCUT2D eigenvalue weighted by Crippen LogP contribution is -2.24. The molecule has 2 atom stereocenters. The second-order valence-corrected chi connectivity index (χ2v) is 7.14. The monoisotopic (exact) mass is 323 g/mol. The molecular formula is C20H37NO2. The van der Waals surface area contributed by atoms with Crippen LogP contribution in [0, 0.1) is 5.92 Å². The number of amides is 1. The van der Waals surface area contributed by atoms with E-state index in [1.165, 1.54) is 89.9 Å². The SMILES string of the molecule is CCCCCCCCCCCCCCCC(C)C1OC=NC1=O. The van der Waals surface area contributed by atoms with Crippen LogP contribution in [0.4, 0.5) is 0 Å². The quantitative estimate of drug-likeness (QED) is 0.344. The molecule has 0 aromatic heterocycles. The molecule has 0 saturated heterocycles. The van der Waals surface area contributed by atoms with Gasteiger partial charge in [-0.2, -0.15) is 4.99 Å². The fourth-order valence-electron chi connectivity index (χ4n) is 3.29. The molecule has 0 aliphatic carbocycles. The predicted octanol–water partition coefficient (Wildman–Crippen LogP) is 6.06. The normalized spacial score (nSPS) is 18.3. The molecule has 1 heterocycles. The van der Waals surface area contributed by atoms with Crippen LogP contribution < -0.4 is 0 Å². The van der Waals surface area contributed by atoms with E-state index in [9.17, 15) is 4.79 Å². The molecule has 1 amide bonds. The third-order valence-electron chi connectivity index (χ3n) is 4.91. The van der Waals surface area contributed by atoms with Crippen LogP contribution in [-0.4, -0.2) is 18.4 Å². The van der Waals surface area contributed by atoms with Gasteiger partial charge >= 0.3 is 0 Å². The van der Waals surface area contributed by atoms with Crippen LogP contribution in [0.15, 0.2) is 4.99 Å². The highest BCUT2D eigenvalue weighted by Crippen LogP contribution is 2.20. The number of aliphatic imine (C=N–C) groups is 1. The van der Waals surface area contributed by atoms with Crippen molar-refractivity contribution in [2.45, 2.75) is 110 Å². The van der Waals surface area contributed by atoms with E-state index in [1.807, 2.05) is 0 Å². The maximum absolute atomic E-state index is 11.4. The Morgan fingerprint density at radius 1 is 0.913 bits per heavy atom. The summed E-state index contributed by atoms with van der Waals surface area (Å²) >= 11 is 0. The topological polar surface area (TPSA) is 38.7 Å². The molecule has 3 heteroatoms. The molecular weight excluding hydrogens is 286 g/mol. The van der Waals surface area contributed by atoms with Crippen LogP contribution in [0.25, 0.3) is 0 Å². The first kappa shape index (κ1) is 20.2. The van der Waals surface area contributed by atoms with Gasteiger partial charge in [0.1, 0.15) is 0 Å². The number of hydrogen-bond acceptors (Lipinski definition) is 2. The summed E-state index contributed by atoms with van der Waals surface area (Å²) in [7, 11) is 0. The first-order chi connectivity index (χ1) is 11.3. The minimum absolute atomic E-state index is 0.104. The summed E-state index contributed by atoms with van der Waals surface area (Å²) < 4.78 is 5.25. The standard InChI is InChI=1S/C20H37NO2/c1-3-4-5-6-7-8-9-10-11-12-13-14-15-16-18(2)19-20(22)21-17-23-19/h17-19H,3-16H2,1-2H3. The Kier molecular flexibility index (Phi) is 11.9. The lowest BCUT2D eigenvalue weighted by Gasteiger charge is -2.15. The van der Waals surface area contributed by atoms with E-state index in [2.05, 4.69) is 18.8 Å². The average molecular weight is 324 g/mol. The Morgan fingerprint density at radius 3 is 1.83 bits per heavy atom. The van der Waals surface area contributed by atoms with Gasteiger partial charge in [-0.25, -0.2) is 0 Å². The zero-order valence-electron chi connectivity index (χ0n) is 15.4. The van der Waals surface area contributed by atoms with Crippen LogP contribution in [0.3, 0.4) is 0 Å². The Balaban J connectivity index is 1.79. The molecule has 0 fully saturated rings. The van der Waals surface area contributed by atoms with Gasteiger partial charge in [-0.1, -0.05) is 97.3 Å². The molecule has 0 saturated carbocycles. The molecule has 1 rings (SSSR count). The molecule has 23 heavy (non-hydrogen) atoms. The Hall–Kier alpha value is -0.860. The summed E-state index contributed by atoms with van der Waals surface area (Å²) in [6.07, 6.45) is 19.9. The molecule has 0 spiro atoms. The highest BCUT2D eigenvalue weighted by Gasteiger charge is 2.28. The molecule has 0 radical (unpaired) electrons. The molecule has 0 bridgehead atoms. The van der Waals surface area contributed by atoms with Gasteiger partial charge in [-0.05, 0) is 6.42 Å². The number of rotatable bonds is 15. The van der Waals surface area contributed by atoms with Crippen molar-refractivity contribution in [3.05, 3.63) is 0 Å². The summed E-state index contributed by atoms with van der Waals surface area (Å²) in [4.78, 5) is 15.1. The molecule has 1 aliphatic heterocycles. The van der Waals surface area contributed by atoms with E-state index in [-0.39, 0.29) is 17.9 Å². The van der Waals surface area contributed by atoms with E-state index in [0.717, 1.165) is 6.42 Å². The van der Waals surface area contributed by atoms with Gasteiger partial charge in [0.05, 0.1) is 0 Å². The minimum atomic E-state index is -0.313. The van der Waals surface area contributed by atoms with Crippen molar-refractivity contribution < 1.29 is 9.53 Å². The van der Waals surface area contributed by atoms with E-state index in [1.54, 1.807) is 0 Å². The van der Waals surface area contributed by atoms with Crippen molar-refractivity contribution in [1.82, 2.24) is 0 Å². The lowest BCUT2D eigenvalue weighted by molar-refractivity contribution is -0.124. The molecule has 1 aliphatic rings. The highest BCUT2D eigenvalue weighted by atomic mass is 16.5. The molecule has 0 N–H and O–H groups in total. The van der Waals surface area contributed by atoms with Gasteiger partial charge in [0.15, 0.2) is 12.5 Å². The highest BCUT2D eigenvalue weighted by molar-refractivity contribution is 5.91. The van der Waals surface area contributed by atoms with Gasteiger partial charge in [-0.3, -0.25) is 4.79 Å². The molecule has 0 aromatic rings. The maximum Gasteiger partial charge on any atom is 0.289 e. The summed E-state index contributed by atoms with van der Waals surface area (Å²) in [6.45, 7) is 4.37. The van der Waals surface area contributed by atoms with Crippen LogP contribution >= 0.6 is 0 Å². The fraction of sp³-hybridized carbons (Fsp3) is 0.900. The van der Waals surface area contributed by atoms with Crippen molar-refractivity contribution in [2.75, 3.05) is 0 Å². The Morgan fingerprint density at radius 2 is 1.39 bits per heavy atom. The maximum atomic E-state index is 11.4. The van der Waals surface area contributed by atoms with Crippen LogP contribution in [0.1, 0.15) is 104 Å². The van der Waals surface area contributed by atoms with Gasteiger partial charge < -0.3 is 4.74 Å². The van der Waals surface area contributed by atoms with E-state index >= 15 is 0 Å². The zero-order valence-corrected chi connectivity index (χ0v) is 15.4. The van der Waals surface area contributed by atoms with Crippen LogP contribution in [0.5, 0.6) is 0 Å². The Bertz CT molecular complexity index is 328. The summed E-state index contributed by atoms with van der Waals surface area (Å²) in [6, 6.07) is 0. The number of carbonyl (C=O) groups excluding carboxylic acids is 1. The van der Waals surface area contributed by atoms with Crippen molar-refractivity contribution in [3.8, 4) is 0 Å². The number of ether oxygens (including phenoxy) is 1. The van der Waals surface area contributed by atoms with Crippen molar-refractivity contribution >= 4 is 12.3 Å². The number of unbranched alkanes of at least 4 members (excludes halogenated alkanes) is 12. The molecule has 0 aromatic carbocycles. The fourth-order valence-corrected chi connectivity index (χ4v) is 3.29. The third-order valence-corrected chi connectivity index (χ3v) is 4.91. The molecule has 2 unspecified atom stereocenters. The largest absolute Gasteiger partial charge is 0.470 e. The van der Waals surface area contributed by atoms with E-state index in [4.69, 9.17) is 4.74 Å². The van der Waals surface area contributed by atoms with Crippen LogP contribution in [0.2, 0.25) is 0 Å². The minimum Gasteiger partial charge on any atom is -0.470 e. The van der Waals surface area contributed by atoms with Crippen molar-refractivity contribution in [3.63, 3.8) is 0 Å². The third kappa shape index (κ3) is 9.78. The van der Waals surface area contributed by atoms with E-state index in [0.29, 0.717) is 0 Å². The van der Waals surface area contributed by atoms with Gasteiger partial charge in [0.2, 0.25) is 0 Å². The predicted molar refractivity (Wildman–Crippen MR) is 97.8 cm³/mol. The smallest absolute Gasteiger partial charge is 0.289 e. The van der Waals surface area contributed by atoms with Crippen LogP contribution in [-0.2, 0) is 9.53 Å². The first-order valence-electron chi connectivity index (χ1n) is 9.97. The van der Waals surface area contributed by atoms with Gasteiger partial charge in [0, 0.05) is 5.92 Å². The molecule has 134 valence electrons. The number of hydrogen-bond donors (Lipinski definition) is 0. The summed E-state index contributed by atoms with van der Waals surface area (Å²) in [5.41, 5.74) is 0. The lowest BCUT2D eigenvalue weighted by atomic mass is 9.96. The summed E-state index contributed by atoms with van der Waals surface area (Å²) in [5.74, 6) is 0.185. The number of carbonyl (C=O) groups is 1. The summed E-state index contributed by atoms with van der Waals surface area (Å²) in [5, 5.41) is 0. The average Bonchev–Trinajstić information content (AvgIpc) is 2.98. The Labute approximate surface area is 143 Å². The second-order valence-electron chi connectivity index (χ2n) is 7.14. The van der Waals surface area contributed by atoms with Crippen molar-refractivity contribution in [1.29, 1.82) is 0 Å². The zero-order chi connectivity index (χ0) is 16.8. The number of nitrogens with zero attached hydrogens (tertiary/aromatic N) is 1.